The molecule has 0 radical (unpaired) electrons. The Kier molecular flexibility index (Phi) is 5.96. The fourth-order valence-electron chi connectivity index (χ4n) is 8.15. The highest BCUT2D eigenvalue weighted by Gasteiger charge is 2.17. The Morgan fingerprint density at radius 2 is 0.804 bits per heavy atom. The molecule has 0 saturated heterocycles. The van der Waals surface area contributed by atoms with E-state index in [-0.39, 0.29) is 0 Å². The summed E-state index contributed by atoms with van der Waals surface area (Å²) in [4.78, 5) is 0. The van der Waals surface area contributed by atoms with Crippen LogP contribution < -0.4 is 0 Å². The third kappa shape index (κ3) is 4.25. The van der Waals surface area contributed by atoms with Crippen LogP contribution in [0.5, 0.6) is 0 Å². The number of nitrogens with zero attached hydrogens (tertiary/aromatic N) is 2. The molecule has 0 atom stereocenters. The first kappa shape index (κ1) is 28.0. The lowest BCUT2D eigenvalue weighted by Crippen LogP contribution is -1.94. The lowest BCUT2D eigenvalue weighted by Gasteiger charge is -2.11. The largest absolute Gasteiger partial charge is 0.456 e. The zero-order valence-electron chi connectivity index (χ0n) is 27.6. The van der Waals surface area contributed by atoms with Gasteiger partial charge in [0.1, 0.15) is 11.2 Å². The van der Waals surface area contributed by atoms with E-state index in [0.29, 0.717) is 0 Å². The minimum absolute atomic E-state index is 0.904. The molecule has 3 nitrogen and oxygen atoms in total. The molecule has 3 aromatic heterocycles. The lowest BCUT2D eigenvalue weighted by molar-refractivity contribution is 0.669. The zero-order valence-corrected chi connectivity index (χ0v) is 27.6. The van der Waals surface area contributed by atoms with Gasteiger partial charge >= 0.3 is 0 Å². The summed E-state index contributed by atoms with van der Waals surface area (Å²) >= 11 is 0. The molecular weight excluding hydrogens is 621 g/mol. The predicted octanol–water partition coefficient (Wildman–Crippen LogP) is 13.1. The molecule has 11 aromatic rings. The van der Waals surface area contributed by atoms with Crippen molar-refractivity contribution in [3.63, 3.8) is 0 Å². The number of aromatic nitrogens is 2. The summed E-state index contributed by atoms with van der Waals surface area (Å²) in [6, 6.07) is 65.6. The first-order valence-electron chi connectivity index (χ1n) is 17.4. The summed E-state index contributed by atoms with van der Waals surface area (Å²) in [6.45, 7) is 0. The van der Waals surface area contributed by atoms with Crippen molar-refractivity contribution in [3.05, 3.63) is 182 Å². The van der Waals surface area contributed by atoms with E-state index in [4.69, 9.17) is 4.42 Å². The maximum atomic E-state index is 6.18. The molecule has 0 aliphatic rings. The van der Waals surface area contributed by atoms with Crippen LogP contribution in [0.4, 0.5) is 0 Å². The van der Waals surface area contributed by atoms with Gasteiger partial charge in [0.05, 0.1) is 22.1 Å². The van der Waals surface area contributed by atoms with Gasteiger partial charge in [-0.05, 0) is 89.0 Å². The molecule has 0 amide bonds. The van der Waals surface area contributed by atoms with Crippen LogP contribution in [0.15, 0.2) is 186 Å². The second kappa shape index (κ2) is 10.8. The highest BCUT2D eigenvalue weighted by atomic mass is 16.3. The zero-order chi connectivity index (χ0) is 33.5. The van der Waals surface area contributed by atoms with Crippen molar-refractivity contribution in [2.45, 2.75) is 0 Å². The van der Waals surface area contributed by atoms with Crippen molar-refractivity contribution in [3.8, 4) is 33.6 Å². The normalized spacial score (nSPS) is 11.9. The van der Waals surface area contributed by atoms with Gasteiger partial charge in [-0.1, -0.05) is 115 Å². The van der Waals surface area contributed by atoms with Gasteiger partial charge in [0.25, 0.3) is 0 Å². The summed E-state index contributed by atoms with van der Waals surface area (Å²) in [5.41, 5.74) is 13.7. The van der Waals surface area contributed by atoms with Crippen molar-refractivity contribution >= 4 is 65.6 Å². The van der Waals surface area contributed by atoms with Gasteiger partial charge in [-0.3, -0.25) is 0 Å². The first-order valence-corrected chi connectivity index (χ1v) is 17.4. The molecule has 11 rings (SSSR count). The summed E-state index contributed by atoms with van der Waals surface area (Å²) in [6.07, 6.45) is 0. The van der Waals surface area contributed by atoms with E-state index in [1.54, 1.807) is 0 Å². The van der Waals surface area contributed by atoms with Gasteiger partial charge in [0.15, 0.2) is 0 Å². The Morgan fingerprint density at radius 3 is 1.61 bits per heavy atom. The van der Waals surface area contributed by atoms with Crippen LogP contribution in [0.1, 0.15) is 0 Å². The SMILES string of the molecule is c1ccc(-c2ccc(-n3c4ccccc4c4cc(-c5ccc6c7ccccc7n(-c7ccc8oc9ccccc9c8c7)c6c5)ccc43)cc2)cc1. The van der Waals surface area contributed by atoms with Crippen LogP contribution >= 0.6 is 0 Å². The quantitative estimate of drug-likeness (QED) is 0.186. The van der Waals surface area contributed by atoms with Crippen LogP contribution in [0.25, 0.3) is 99.2 Å². The average Bonchev–Trinajstić information content (AvgIpc) is 3.85. The molecule has 51 heavy (non-hydrogen) atoms. The number of benzene rings is 8. The van der Waals surface area contributed by atoms with Crippen molar-refractivity contribution in [2.75, 3.05) is 0 Å². The molecule has 3 heterocycles. The first-order chi connectivity index (χ1) is 25.3. The van der Waals surface area contributed by atoms with E-state index in [1.165, 1.54) is 65.9 Å². The van der Waals surface area contributed by atoms with Crippen molar-refractivity contribution in [2.24, 2.45) is 0 Å². The summed E-state index contributed by atoms with van der Waals surface area (Å²) in [7, 11) is 0. The van der Waals surface area contributed by atoms with E-state index in [2.05, 4.69) is 179 Å². The number of hydrogen-bond acceptors (Lipinski definition) is 1. The number of rotatable bonds is 4. The number of furan rings is 1. The minimum atomic E-state index is 0.904. The van der Waals surface area contributed by atoms with E-state index in [9.17, 15) is 0 Å². The van der Waals surface area contributed by atoms with E-state index >= 15 is 0 Å². The van der Waals surface area contributed by atoms with Gasteiger partial charge in [-0.15, -0.1) is 0 Å². The fourth-order valence-corrected chi connectivity index (χ4v) is 8.15. The molecule has 8 aromatic carbocycles. The second-order valence-electron chi connectivity index (χ2n) is 13.4. The van der Waals surface area contributed by atoms with Gasteiger partial charge in [-0.25, -0.2) is 0 Å². The maximum absolute atomic E-state index is 6.18. The van der Waals surface area contributed by atoms with Gasteiger partial charge < -0.3 is 13.6 Å². The monoisotopic (exact) mass is 650 g/mol. The summed E-state index contributed by atoms with van der Waals surface area (Å²) in [5, 5.41) is 7.23. The smallest absolute Gasteiger partial charge is 0.135 e. The van der Waals surface area contributed by atoms with Crippen LogP contribution in [0, 0.1) is 0 Å². The third-order valence-corrected chi connectivity index (χ3v) is 10.5. The standard InChI is InChI=1S/C48H30N2O/c1-2-10-31(11-3-1)32-18-22-35(23-19-32)49-44-16-8-5-13-38(44)41-28-33(21-26-45(41)49)34-20-25-39-37-12-4-7-15-43(37)50(46(39)29-34)36-24-27-48-42(30-36)40-14-6-9-17-47(40)51-48/h1-30H. The molecule has 0 N–H and O–H groups in total. The van der Waals surface area contributed by atoms with Crippen molar-refractivity contribution < 1.29 is 4.42 Å². The maximum Gasteiger partial charge on any atom is 0.135 e. The highest BCUT2D eigenvalue weighted by molar-refractivity contribution is 6.13. The van der Waals surface area contributed by atoms with Gasteiger partial charge in [0.2, 0.25) is 0 Å². The molecular formula is C48H30N2O. The average molecular weight is 651 g/mol. The second-order valence-corrected chi connectivity index (χ2v) is 13.4. The molecule has 0 fully saturated rings. The highest BCUT2D eigenvalue weighted by Crippen LogP contribution is 2.39. The Balaban J connectivity index is 1.08. The van der Waals surface area contributed by atoms with Gasteiger partial charge in [0, 0.05) is 43.7 Å². The Labute approximate surface area is 293 Å². The molecule has 0 aliphatic carbocycles. The number of para-hydroxylation sites is 3. The fraction of sp³-hybridized carbons (Fsp3) is 0. The summed E-state index contributed by atoms with van der Waals surface area (Å²) in [5.74, 6) is 0. The van der Waals surface area contributed by atoms with Crippen molar-refractivity contribution in [1.29, 1.82) is 0 Å². The van der Waals surface area contributed by atoms with Crippen LogP contribution in [-0.4, -0.2) is 9.13 Å². The molecule has 0 unspecified atom stereocenters. The molecule has 3 heteroatoms. The molecule has 0 aliphatic heterocycles. The number of fused-ring (bicyclic) bond motifs is 9. The van der Waals surface area contributed by atoms with Crippen LogP contribution in [0.3, 0.4) is 0 Å². The molecule has 0 bridgehead atoms. The van der Waals surface area contributed by atoms with Crippen molar-refractivity contribution in [1.82, 2.24) is 9.13 Å². The minimum Gasteiger partial charge on any atom is -0.456 e. The van der Waals surface area contributed by atoms with E-state index in [1.807, 2.05) is 12.1 Å². The number of hydrogen-bond donors (Lipinski definition) is 0. The molecule has 0 saturated carbocycles. The van der Waals surface area contributed by atoms with Crippen LogP contribution in [-0.2, 0) is 0 Å². The van der Waals surface area contributed by atoms with Gasteiger partial charge in [-0.2, -0.15) is 0 Å². The summed E-state index contributed by atoms with van der Waals surface area (Å²) < 4.78 is 11.0. The predicted molar refractivity (Wildman–Crippen MR) is 213 cm³/mol. The Hall–Kier alpha value is -6.84. The Morgan fingerprint density at radius 1 is 0.275 bits per heavy atom. The topological polar surface area (TPSA) is 23.0 Å². The van der Waals surface area contributed by atoms with E-state index in [0.717, 1.165) is 33.3 Å². The van der Waals surface area contributed by atoms with E-state index < -0.39 is 0 Å². The molecule has 0 spiro atoms. The third-order valence-electron chi connectivity index (χ3n) is 10.5. The lowest BCUT2D eigenvalue weighted by atomic mass is 10.0. The van der Waals surface area contributed by atoms with Crippen LogP contribution in [0.2, 0.25) is 0 Å². The molecule has 238 valence electrons. The Bertz CT molecular complexity index is 3120.